The van der Waals surface area contributed by atoms with E-state index < -0.39 is 0 Å². The Morgan fingerprint density at radius 1 is 0.500 bits per heavy atom. The van der Waals surface area contributed by atoms with Gasteiger partial charge in [-0.15, -0.1) is 0 Å². The van der Waals surface area contributed by atoms with Crippen molar-refractivity contribution in [1.29, 1.82) is 0 Å². The van der Waals surface area contributed by atoms with Gasteiger partial charge >= 0.3 is 11.5 Å². The third-order valence-corrected chi connectivity index (χ3v) is 4.02. The van der Waals surface area contributed by atoms with E-state index in [1.165, 1.54) is 5.56 Å². The van der Waals surface area contributed by atoms with Gasteiger partial charge in [-0.1, -0.05) is 66.7 Å². The second kappa shape index (κ2) is 11.4. The molecule has 4 rings (SSSR count). The maximum atomic E-state index is 6.21. The van der Waals surface area contributed by atoms with E-state index in [1.54, 1.807) is 0 Å². The minimum atomic E-state index is 0. The van der Waals surface area contributed by atoms with E-state index in [0.717, 1.165) is 28.2 Å². The van der Waals surface area contributed by atoms with Gasteiger partial charge in [0.15, 0.2) is 0 Å². The van der Waals surface area contributed by atoms with Crippen LogP contribution >= 0.6 is 0 Å². The van der Waals surface area contributed by atoms with Crippen LogP contribution in [0.3, 0.4) is 0 Å². The molecule has 0 aliphatic rings. The van der Waals surface area contributed by atoms with Gasteiger partial charge in [0.1, 0.15) is 0 Å². The van der Waals surface area contributed by atoms with E-state index in [1.807, 2.05) is 56.6 Å². The van der Waals surface area contributed by atoms with Gasteiger partial charge in [-0.3, -0.25) is 0 Å². The monoisotopic (exact) mass is 481 g/mol. The quantitative estimate of drug-likeness (QED) is 0.358. The summed E-state index contributed by atoms with van der Waals surface area (Å²) in [5.74, 6) is 1.74. The van der Waals surface area contributed by atoms with Gasteiger partial charge in [-0.25, -0.2) is 4.42 Å². The van der Waals surface area contributed by atoms with Crippen molar-refractivity contribution in [3.63, 3.8) is 0 Å². The zero-order valence-electron chi connectivity index (χ0n) is 16.1. The van der Waals surface area contributed by atoms with Gasteiger partial charge in [-0.2, -0.15) is 0 Å². The van der Waals surface area contributed by atoms with E-state index >= 15 is 0 Å². The Labute approximate surface area is 184 Å². The number of halogens is 1. The van der Waals surface area contributed by atoms with E-state index in [9.17, 15) is 0 Å². The Bertz CT molecular complexity index is 818. The summed E-state index contributed by atoms with van der Waals surface area (Å²) in [5, 5.41) is 2.75. The SMILES string of the molecule is CNC.[I-].c1ccc(-c2cc(-c3ccccc3)[o+]c(-c3ccccc3)c2)cc1. The predicted molar refractivity (Wildman–Crippen MR) is 114 cm³/mol. The number of benzene rings is 3. The number of hydrogen-bond donors (Lipinski definition) is 1. The van der Waals surface area contributed by atoms with Crippen molar-refractivity contribution in [2.75, 3.05) is 14.1 Å². The first-order valence-corrected chi connectivity index (χ1v) is 9.04. The van der Waals surface area contributed by atoms with Crippen LogP contribution in [0.1, 0.15) is 0 Å². The van der Waals surface area contributed by atoms with Crippen LogP contribution in [-0.4, -0.2) is 14.1 Å². The van der Waals surface area contributed by atoms with Gasteiger partial charge in [0.05, 0.1) is 23.3 Å². The molecular weight excluding hydrogens is 457 g/mol. The van der Waals surface area contributed by atoms with E-state index in [0.29, 0.717) is 0 Å². The van der Waals surface area contributed by atoms with E-state index in [2.05, 4.69) is 66.0 Å². The van der Waals surface area contributed by atoms with Crippen molar-refractivity contribution in [1.82, 2.24) is 5.32 Å². The Kier molecular flexibility index (Phi) is 8.85. The van der Waals surface area contributed by atoms with Gasteiger partial charge in [0, 0.05) is 5.56 Å². The van der Waals surface area contributed by atoms with Crippen LogP contribution in [0.2, 0.25) is 0 Å². The highest BCUT2D eigenvalue weighted by Gasteiger charge is 2.20. The van der Waals surface area contributed by atoms with Crippen LogP contribution in [0.4, 0.5) is 0 Å². The van der Waals surface area contributed by atoms with Crippen LogP contribution in [0, 0.1) is 0 Å². The maximum absolute atomic E-state index is 6.21. The van der Waals surface area contributed by atoms with Gasteiger partial charge in [-0.05, 0) is 43.9 Å². The molecule has 0 saturated heterocycles. The molecule has 0 bridgehead atoms. The molecule has 0 amide bonds. The standard InChI is InChI=1S/C23H17O.C2H7N.HI/c1-4-10-18(11-5-1)21-16-22(19-12-6-2-7-13-19)24-23(17-21)20-14-8-3-9-15-20;1-3-2;/h1-17H;3H,1-2H3;1H/q+1;;/p-1. The highest BCUT2D eigenvalue weighted by molar-refractivity contribution is 5.74. The molecule has 3 aromatic carbocycles. The zero-order valence-corrected chi connectivity index (χ0v) is 18.3. The summed E-state index contributed by atoms with van der Waals surface area (Å²) in [5.41, 5.74) is 4.49. The summed E-state index contributed by atoms with van der Waals surface area (Å²) in [4.78, 5) is 0. The average Bonchev–Trinajstić information content (AvgIpc) is 2.76. The lowest BCUT2D eigenvalue weighted by Crippen LogP contribution is -3.00. The minimum Gasteiger partial charge on any atom is -1.00 e. The lowest BCUT2D eigenvalue weighted by atomic mass is 10.0. The second-order valence-corrected chi connectivity index (χ2v) is 6.17. The van der Waals surface area contributed by atoms with E-state index in [-0.39, 0.29) is 24.0 Å². The fourth-order valence-electron chi connectivity index (χ4n) is 2.79. The van der Waals surface area contributed by atoms with Crippen molar-refractivity contribution in [2.45, 2.75) is 0 Å². The Morgan fingerprint density at radius 3 is 1.18 bits per heavy atom. The Hall–Kier alpha value is -2.50. The molecule has 1 heterocycles. The van der Waals surface area contributed by atoms with Gasteiger partial charge in [0.25, 0.3) is 0 Å². The summed E-state index contributed by atoms with van der Waals surface area (Å²) in [7, 11) is 3.75. The molecule has 1 aromatic heterocycles. The maximum Gasteiger partial charge on any atom is 0.361 e. The first-order valence-electron chi connectivity index (χ1n) is 9.04. The molecule has 0 spiro atoms. The minimum absolute atomic E-state index is 0. The summed E-state index contributed by atoms with van der Waals surface area (Å²) in [6, 6.07) is 35.1. The molecule has 142 valence electrons. The normalized spacial score (nSPS) is 9.64. The highest BCUT2D eigenvalue weighted by atomic mass is 127. The summed E-state index contributed by atoms with van der Waals surface area (Å²) < 4.78 is 6.21. The molecule has 3 heteroatoms. The molecule has 0 fully saturated rings. The number of rotatable bonds is 3. The first kappa shape index (κ1) is 21.8. The topological polar surface area (TPSA) is 23.3 Å². The molecule has 0 atom stereocenters. The third-order valence-electron chi connectivity index (χ3n) is 4.02. The van der Waals surface area contributed by atoms with Gasteiger partial charge < -0.3 is 29.3 Å². The molecule has 0 radical (unpaired) electrons. The Morgan fingerprint density at radius 2 is 0.821 bits per heavy atom. The van der Waals surface area contributed by atoms with Crippen molar-refractivity contribution in [2.24, 2.45) is 0 Å². The lowest BCUT2D eigenvalue weighted by molar-refractivity contribution is -0.00000588. The molecule has 0 aliphatic heterocycles. The number of nitrogens with one attached hydrogen (secondary N) is 1. The van der Waals surface area contributed by atoms with Crippen LogP contribution < -0.4 is 29.3 Å². The van der Waals surface area contributed by atoms with E-state index in [4.69, 9.17) is 4.42 Å². The zero-order chi connectivity index (χ0) is 18.9. The van der Waals surface area contributed by atoms with Crippen molar-refractivity contribution in [3.8, 4) is 33.8 Å². The van der Waals surface area contributed by atoms with Crippen LogP contribution in [0.15, 0.2) is 108 Å². The summed E-state index contributed by atoms with van der Waals surface area (Å²) >= 11 is 0. The molecular formula is C25H24INO. The average molecular weight is 481 g/mol. The molecule has 4 aromatic rings. The van der Waals surface area contributed by atoms with Crippen LogP contribution in [0.25, 0.3) is 33.8 Å². The molecule has 0 aliphatic carbocycles. The van der Waals surface area contributed by atoms with Gasteiger partial charge in [0.2, 0.25) is 0 Å². The molecule has 2 nitrogen and oxygen atoms in total. The highest BCUT2D eigenvalue weighted by Crippen LogP contribution is 2.32. The summed E-state index contributed by atoms with van der Waals surface area (Å²) in [6.07, 6.45) is 0. The second-order valence-electron chi connectivity index (χ2n) is 6.17. The third kappa shape index (κ3) is 5.75. The molecule has 0 saturated carbocycles. The molecule has 1 N–H and O–H groups in total. The van der Waals surface area contributed by atoms with Crippen LogP contribution in [-0.2, 0) is 0 Å². The fourth-order valence-corrected chi connectivity index (χ4v) is 2.79. The van der Waals surface area contributed by atoms with Crippen molar-refractivity contribution < 1.29 is 28.4 Å². The predicted octanol–water partition coefficient (Wildman–Crippen LogP) is 3.40. The largest absolute Gasteiger partial charge is 1.00 e. The molecule has 28 heavy (non-hydrogen) atoms. The first-order chi connectivity index (χ1) is 13.3. The van der Waals surface area contributed by atoms with Crippen molar-refractivity contribution in [3.05, 3.63) is 103 Å². The molecule has 0 unspecified atom stereocenters. The van der Waals surface area contributed by atoms with Crippen LogP contribution in [0.5, 0.6) is 0 Å². The number of hydrogen-bond acceptors (Lipinski definition) is 1. The summed E-state index contributed by atoms with van der Waals surface area (Å²) in [6.45, 7) is 0. The van der Waals surface area contributed by atoms with Crippen molar-refractivity contribution >= 4 is 0 Å². The Balaban J connectivity index is 0.000000660. The smallest absolute Gasteiger partial charge is 0.361 e. The lowest BCUT2D eigenvalue weighted by Gasteiger charge is -2.02. The fraction of sp³-hybridized carbons (Fsp3) is 0.0800.